The van der Waals surface area contributed by atoms with Crippen LogP contribution in [-0.2, 0) is 14.4 Å². The average molecular weight is 204 g/mol. The zero-order chi connectivity index (χ0) is 11.2. The molecule has 1 unspecified atom stereocenters. The van der Waals surface area contributed by atoms with Gasteiger partial charge in [-0.2, -0.15) is 0 Å². The Kier molecular flexibility index (Phi) is 5.72. The Bertz CT molecular complexity index is 171. The van der Waals surface area contributed by atoms with Crippen LogP contribution in [0.15, 0.2) is 0 Å². The highest BCUT2D eigenvalue weighted by Crippen LogP contribution is 2.16. The standard InChI is InChI=1S/C10H20O4/c1-5-8(6-7-13-12)9(11)14-10(2,3)4/h8,12H,5-7H2,1-4H3. The Morgan fingerprint density at radius 3 is 2.36 bits per heavy atom. The smallest absolute Gasteiger partial charge is 0.309 e. The van der Waals surface area contributed by atoms with Crippen molar-refractivity contribution < 1.29 is 19.7 Å². The number of hydrogen-bond acceptors (Lipinski definition) is 4. The van der Waals surface area contributed by atoms with Crippen LogP contribution < -0.4 is 0 Å². The second-order valence-corrected chi connectivity index (χ2v) is 4.26. The largest absolute Gasteiger partial charge is 0.460 e. The van der Waals surface area contributed by atoms with Gasteiger partial charge >= 0.3 is 5.97 Å². The fourth-order valence-electron chi connectivity index (χ4n) is 1.07. The summed E-state index contributed by atoms with van der Waals surface area (Å²) >= 11 is 0. The van der Waals surface area contributed by atoms with Crippen molar-refractivity contribution in [3.8, 4) is 0 Å². The average Bonchev–Trinajstić information content (AvgIpc) is 2.02. The summed E-state index contributed by atoms with van der Waals surface area (Å²) in [6, 6.07) is 0. The predicted octanol–water partition coefficient (Wildman–Crippen LogP) is 2.23. The van der Waals surface area contributed by atoms with Gasteiger partial charge < -0.3 is 4.74 Å². The van der Waals surface area contributed by atoms with Gasteiger partial charge in [0.25, 0.3) is 0 Å². The quantitative estimate of drug-likeness (QED) is 0.424. The van der Waals surface area contributed by atoms with Gasteiger partial charge in [-0.1, -0.05) is 6.92 Å². The Labute approximate surface area is 85.1 Å². The minimum atomic E-state index is -0.454. The number of hydrogen-bond donors (Lipinski definition) is 1. The van der Waals surface area contributed by atoms with E-state index in [0.717, 1.165) is 0 Å². The summed E-state index contributed by atoms with van der Waals surface area (Å²) in [7, 11) is 0. The summed E-state index contributed by atoms with van der Waals surface area (Å²) < 4.78 is 5.21. The lowest BCUT2D eigenvalue weighted by molar-refractivity contribution is -0.244. The van der Waals surface area contributed by atoms with E-state index in [1.807, 2.05) is 27.7 Å². The molecule has 14 heavy (non-hydrogen) atoms. The van der Waals surface area contributed by atoms with Crippen molar-refractivity contribution in [3.05, 3.63) is 0 Å². The topological polar surface area (TPSA) is 55.8 Å². The molecule has 0 spiro atoms. The summed E-state index contributed by atoms with van der Waals surface area (Å²) in [5, 5.41) is 8.17. The maximum absolute atomic E-state index is 11.5. The zero-order valence-corrected chi connectivity index (χ0v) is 9.37. The van der Waals surface area contributed by atoms with Crippen LogP contribution in [0.4, 0.5) is 0 Å². The fraction of sp³-hybridized carbons (Fsp3) is 0.900. The lowest BCUT2D eigenvalue weighted by atomic mass is 10.0. The molecule has 0 saturated heterocycles. The molecular weight excluding hydrogens is 184 g/mol. The third kappa shape index (κ3) is 5.94. The van der Waals surface area contributed by atoms with E-state index in [2.05, 4.69) is 4.89 Å². The Balaban J connectivity index is 4.04. The molecule has 0 radical (unpaired) electrons. The second-order valence-electron chi connectivity index (χ2n) is 4.26. The molecule has 0 bridgehead atoms. The molecule has 0 aliphatic heterocycles. The predicted molar refractivity (Wildman–Crippen MR) is 52.8 cm³/mol. The molecule has 0 rings (SSSR count). The first kappa shape index (κ1) is 13.4. The van der Waals surface area contributed by atoms with E-state index in [0.29, 0.717) is 12.8 Å². The summed E-state index contributed by atoms with van der Waals surface area (Å²) in [6.07, 6.45) is 1.18. The number of carbonyl (C=O) groups is 1. The normalized spacial score (nSPS) is 13.8. The first-order chi connectivity index (χ1) is 6.40. The maximum atomic E-state index is 11.5. The van der Waals surface area contributed by atoms with Gasteiger partial charge in [-0.05, 0) is 33.6 Å². The molecular formula is C10H20O4. The third-order valence-electron chi connectivity index (χ3n) is 1.79. The van der Waals surface area contributed by atoms with E-state index in [-0.39, 0.29) is 18.5 Å². The van der Waals surface area contributed by atoms with Crippen molar-refractivity contribution in [2.45, 2.75) is 46.1 Å². The van der Waals surface area contributed by atoms with Gasteiger partial charge in [-0.25, -0.2) is 4.89 Å². The minimum Gasteiger partial charge on any atom is -0.460 e. The summed E-state index contributed by atoms with van der Waals surface area (Å²) in [5.41, 5.74) is -0.454. The van der Waals surface area contributed by atoms with Crippen LogP contribution in [0.2, 0.25) is 0 Å². The molecule has 4 nitrogen and oxygen atoms in total. The Morgan fingerprint density at radius 2 is 2.00 bits per heavy atom. The first-order valence-electron chi connectivity index (χ1n) is 4.90. The van der Waals surface area contributed by atoms with Crippen LogP contribution >= 0.6 is 0 Å². The lowest BCUT2D eigenvalue weighted by Gasteiger charge is -2.23. The lowest BCUT2D eigenvalue weighted by Crippen LogP contribution is -2.29. The van der Waals surface area contributed by atoms with E-state index < -0.39 is 5.60 Å². The highest BCUT2D eigenvalue weighted by molar-refractivity contribution is 5.72. The van der Waals surface area contributed by atoms with Crippen molar-refractivity contribution in [1.29, 1.82) is 0 Å². The van der Waals surface area contributed by atoms with E-state index >= 15 is 0 Å². The number of ether oxygens (including phenoxy) is 1. The summed E-state index contributed by atoms with van der Waals surface area (Å²) in [5.74, 6) is -0.418. The van der Waals surface area contributed by atoms with Crippen molar-refractivity contribution in [2.24, 2.45) is 5.92 Å². The van der Waals surface area contributed by atoms with Gasteiger partial charge in [-0.3, -0.25) is 10.1 Å². The second kappa shape index (κ2) is 5.98. The molecule has 1 atom stereocenters. The number of carbonyl (C=O) groups excluding carboxylic acids is 1. The van der Waals surface area contributed by atoms with E-state index in [9.17, 15) is 4.79 Å². The van der Waals surface area contributed by atoms with Gasteiger partial charge in [-0.15, -0.1) is 0 Å². The van der Waals surface area contributed by atoms with Crippen molar-refractivity contribution >= 4 is 5.97 Å². The van der Waals surface area contributed by atoms with Crippen molar-refractivity contribution in [2.75, 3.05) is 6.61 Å². The van der Waals surface area contributed by atoms with E-state index in [1.54, 1.807) is 0 Å². The maximum Gasteiger partial charge on any atom is 0.309 e. The van der Waals surface area contributed by atoms with Gasteiger partial charge in [0.15, 0.2) is 0 Å². The summed E-state index contributed by atoms with van der Waals surface area (Å²) in [6.45, 7) is 7.57. The van der Waals surface area contributed by atoms with Crippen LogP contribution in [-0.4, -0.2) is 23.4 Å². The van der Waals surface area contributed by atoms with Crippen LogP contribution in [0.3, 0.4) is 0 Å². The molecule has 0 aliphatic rings. The van der Waals surface area contributed by atoms with Crippen LogP contribution in [0, 0.1) is 5.92 Å². The molecule has 0 aromatic heterocycles. The minimum absolute atomic E-state index is 0.164. The molecule has 0 aliphatic carbocycles. The highest BCUT2D eigenvalue weighted by atomic mass is 17.1. The van der Waals surface area contributed by atoms with E-state index in [1.165, 1.54) is 0 Å². The number of esters is 1. The molecule has 4 heteroatoms. The molecule has 0 fully saturated rings. The van der Waals surface area contributed by atoms with Crippen LogP contribution in [0.25, 0.3) is 0 Å². The molecule has 0 amide bonds. The molecule has 0 saturated carbocycles. The Morgan fingerprint density at radius 1 is 1.43 bits per heavy atom. The molecule has 0 aromatic carbocycles. The molecule has 84 valence electrons. The van der Waals surface area contributed by atoms with Gasteiger partial charge in [0, 0.05) is 0 Å². The third-order valence-corrected chi connectivity index (χ3v) is 1.79. The van der Waals surface area contributed by atoms with Crippen molar-refractivity contribution in [1.82, 2.24) is 0 Å². The first-order valence-corrected chi connectivity index (χ1v) is 4.90. The van der Waals surface area contributed by atoms with Gasteiger partial charge in [0.2, 0.25) is 0 Å². The van der Waals surface area contributed by atoms with Crippen LogP contribution in [0.5, 0.6) is 0 Å². The summed E-state index contributed by atoms with van der Waals surface area (Å²) in [4.78, 5) is 15.5. The van der Waals surface area contributed by atoms with E-state index in [4.69, 9.17) is 9.99 Å². The zero-order valence-electron chi connectivity index (χ0n) is 9.37. The highest BCUT2D eigenvalue weighted by Gasteiger charge is 2.23. The number of rotatable bonds is 5. The molecule has 0 heterocycles. The molecule has 0 aromatic rings. The monoisotopic (exact) mass is 204 g/mol. The Hall–Kier alpha value is -0.610. The fourth-order valence-corrected chi connectivity index (χ4v) is 1.07. The van der Waals surface area contributed by atoms with Gasteiger partial charge in [0.05, 0.1) is 12.5 Å². The van der Waals surface area contributed by atoms with Gasteiger partial charge in [0.1, 0.15) is 5.60 Å². The SMILES string of the molecule is CCC(CCOO)C(=O)OC(C)(C)C. The van der Waals surface area contributed by atoms with Crippen molar-refractivity contribution in [3.63, 3.8) is 0 Å². The van der Waals surface area contributed by atoms with Crippen LogP contribution in [0.1, 0.15) is 40.5 Å². The molecule has 1 N–H and O–H groups in total.